The average Bonchev–Trinajstić information content (AvgIpc) is 2.25. The summed E-state index contributed by atoms with van der Waals surface area (Å²) in [6.45, 7) is 0. The molecule has 0 fully saturated rings. The van der Waals surface area contributed by atoms with Gasteiger partial charge < -0.3 is 4.74 Å². The molecule has 3 nitrogen and oxygen atoms in total. The molecule has 0 aliphatic rings. The van der Waals surface area contributed by atoms with E-state index in [0.717, 1.165) is 0 Å². The van der Waals surface area contributed by atoms with Crippen LogP contribution >= 0.6 is 12.1 Å². The summed E-state index contributed by atoms with van der Waals surface area (Å²) in [6, 6.07) is 5.41. The van der Waals surface area contributed by atoms with Gasteiger partial charge in [0.15, 0.2) is 5.71 Å². The molecule has 0 heterocycles. The maximum absolute atomic E-state index is 12.5. The van der Waals surface area contributed by atoms with E-state index in [1.807, 2.05) is 0 Å². The number of rotatable bonds is 3. The van der Waals surface area contributed by atoms with Gasteiger partial charge in [0, 0.05) is 5.56 Å². The number of halogens is 3. The molecule has 7 heteroatoms. The Balaban J connectivity index is 3.08. The number of benzene rings is 1. The van der Waals surface area contributed by atoms with Gasteiger partial charge in [0.25, 0.3) is 0 Å². The molecule has 1 aromatic rings. The summed E-state index contributed by atoms with van der Waals surface area (Å²) >= 11 is 0.278. The topological polar surface area (TPSA) is 47.6 Å². The monoisotopic (exact) mass is 250 g/mol. The van der Waals surface area contributed by atoms with E-state index in [9.17, 15) is 13.2 Å². The largest absolute Gasteiger partial charge is 0.497 e. The zero-order valence-electron chi connectivity index (χ0n) is 8.28. The molecule has 0 saturated carbocycles. The summed E-state index contributed by atoms with van der Waals surface area (Å²) in [6.07, 6.45) is -4.53. The van der Waals surface area contributed by atoms with Gasteiger partial charge in [-0.25, -0.2) is 0 Å². The predicted octanol–water partition coefficient (Wildman–Crippen LogP) is 2.57. The fraction of sp³-hybridized carbons (Fsp3) is 0.222. The Labute approximate surface area is 94.8 Å². The van der Waals surface area contributed by atoms with Crippen molar-refractivity contribution >= 4 is 17.8 Å². The maximum Gasteiger partial charge on any atom is 0.434 e. The summed E-state index contributed by atoms with van der Waals surface area (Å²) in [5, 5.41) is 4.92. The lowest BCUT2D eigenvalue weighted by Crippen LogP contribution is -2.23. The molecule has 0 radical (unpaired) electrons. The standard InChI is InChI=1S/C9H9F3N2OS/c1-15-7-4-2-6(3-5-7)8(14-16-13)9(10,11)12/h2-5H,13H2,1H3/b14-8-. The summed E-state index contributed by atoms with van der Waals surface area (Å²) in [5.74, 6) is 0.477. The first-order valence-corrected chi connectivity index (χ1v) is 4.98. The van der Waals surface area contributed by atoms with Crippen molar-refractivity contribution in [2.45, 2.75) is 6.18 Å². The molecule has 0 atom stereocenters. The van der Waals surface area contributed by atoms with E-state index >= 15 is 0 Å². The maximum atomic E-state index is 12.5. The van der Waals surface area contributed by atoms with Crippen LogP contribution in [0.5, 0.6) is 5.75 Å². The minimum Gasteiger partial charge on any atom is -0.497 e. The second-order valence-electron chi connectivity index (χ2n) is 2.77. The molecule has 2 N–H and O–H groups in total. The van der Waals surface area contributed by atoms with Gasteiger partial charge in [-0.2, -0.15) is 17.6 Å². The number of nitrogens with zero attached hydrogens (tertiary/aromatic N) is 1. The molecule has 0 aliphatic heterocycles. The highest BCUT2D eigenvalue weighted by Crippen LogP contribution is 2.25. The summed E-state index contributed by atoms with van der Waals surface area (Å²) in [5.41, 5.74) is -1.06. The van der Waals surface area contributed by atoms with Gasteiger partial charge >= 0.3 is 6.18 Å². The molecule has 0 unspecified atom stereocenters. The third-order valence-electron chi connectivity index (χ3n) is 1.78. The second kappa shape index (κ2) is 5.22. The number of hydrogen-bond donors (Lipinski definition) is 1. The lowest BCUT2D eigenvalue weighted by atomic mass is 10.1. The number of nitrogens with two attached hydrogens (primary N) is 1. The minimum atomic E-state index is -4.53. The number of alkyl halides is 3. The quantitative estimate of drug-likeness (QED) is 0.662. The second-order valence-corrected chi connectivity index (χ2v) is 3.16. The summed E-state index contributed by atoms with van der Waals surface area (Å²) < 4.78 is 45.6. The summed E-state index contributed by atoms with van der Waals surface area (Å²) in [4.78, 5) is 0. The number of ether oxygens (including phenoxy) is 1. The number of methoxy groups -OCH3 is 1. The van der Waals surface area contributed by atoms with Crippen LogP contribution < -0.4 is 9.88 Å². The third-order valence-corrected chi connectivity index (χ3v) is 2.06. The van der Waals surface area contributed by atoms with Crippen molar-refractivity contribution in [3.8, 4) is 5.75 Å². The van der Waals surface area contributed by atoms with Crippen molar-refractivity contribution in [2.24, 2.45) is 9.54 Å². The van der Waals surface area contributed by atoms with E-state index < -0.39 is 11.9 Å². The fourth-order valence-electron chi connectivity index (χ4n) is 1.07. The molecule has 1 rings (SSSR count). The molecule has 0 aliphatic carbocycles. The van der Waals surface area contributed by atoms with Crippen LogP contribution in [-0.2, 0) is 0 Å². The lowest BCUT2D eigenvalue weighted by molar-refractivity contribution is -0.0578. The highest BCUT2D eigenvalue weighted by molar-refractivity contribution is 7.95. The Bertz CT molecular complexity index is 375. The molecular formula is C9H9F3N2OS. The van der Waals surface area contributed by atoms with E-state index in [1.165, 1.54) is 31.4 Å². The summed E-state index contributed by atoms with van der Waals surface area (Å²) in [7, 11) is 1.43. The lowest BCUT2D eigenvalue weighted by Gasteiger charge is -2.10. The van der Waals surface area contributed by atoms with E-state index in [1.54, 1.807) is 0 Å². The third kappa shape index (κ3) is 3.14. The van der Waals surface area contributed by atoms with E-state index in [0.29, 0.717) is 5.75 Å². The highest BCUT2D eigenvalue weighted by Gasteiger charge is 2.36. The molecule has 0 spiro atoms. The Morgan fingerprint density at radius 1 is 1.31 bits per heavy atom. The van der Waals surface area contributed by atoms with Crippen LogP contribution in [0.3, 0.4) is 0 Å². The minimum absolute atomic E-state index is 0.0498. The Morgan fingerprint density at radius 2 is 1.88 bits per heavy atom. The van der Waals surface area contributed by atoms with Crippen molar-refractivity contribution in [2.75, 3.05) is 7.11 Å². The van der Waals surface area contributed by atoms with Gasteiger partial charge in [-0.3, -0.25) is 5.14 Å². The SMILES string of the molecule is COc1ccc(/C(=N/SN)C(F)(F)F)cc1. The molecule has 16 heavy (non-hydrogen) atoms. The van der Waals surface area contributed by atoms with E-state index in [4.69, 9.17) is 9.88 Å². The normalized spacial score (nSPS) is 12.7. The first-order valence-electron chi connectivity index (χ1n) is 4.14. The first kappa shape index (κ1) is 12.9. The zero-order valence-corrected chi connectivity index (χ0v) is 9.10. The molecule has 1 aromatic carbocycles. The van der Waals surface area contributed by atoms with Gasteiger partial charge in [0.2, 0.25) is 0 Å². The van der Waals surface area contributed by atoms with Crippen LogP contribution in [0.2, 0.25) is 0 Å². The van der Waals surface area contributed by atoms with Crippen molar-refractivity contribution in [1.82, 2.24) is 0 Å². The van der Waals surface area contributed by atoms with Gasteiger partial charge in [-0.1, -0.05) is 0 Å². The molecule has 0 bridgehead atoms. The van der Waals surface area contributed by atoms with Crippen molar-refractivity contribution in [1.29, 1.82) is 0 Å². The van der Waals surface area contributed by atoms with Crippen LogP contribution in [-0.4, -0.2) is 19.0 Å². The molecule has 88 valence electrons. The Kier molecular flexibility index (Phi) is 4.19. The van der Waals surface area contributed by atoms with E-state index in [-0.39, 0.29) is 17.7 Å². The van der Waals surface area contributed by atoms with Crippen LogP contribution in [0, 0.1) is 0 Å². The number of hydrogen-bond acceptors (Lipinski definition) is 4. The van der Waals surface area contributed by atoms with Gasteiger partial charge in [-0.05, 0) is 24.3 Å². The van der Waals surface area contributed by atoms with Crippen LogP contribution in [0.1, 0.15) is 5.56 Å². The molecule has 0 aromatic heterocycles. The van der Waals surface area contributed by atoms with Crippen LogP contribution in [0.25, 0.3) is 0 Å². The predicted molar refractivity (Wildman–Crippen MR) is 57.4 cm³/mol. The van der Waals surface area contributed by atoms with Gasteiger partial charge in [-0.15, -0.1) is 0 Å². The zero-order chi connectivity index (χ0) is 12.2. The molecule has 0 amide bonds. The average molecular weight is 250 g/mol. The smallest absolute Gasteiger partial charge is 0.434 e. The van der Waals surface area contributed by atoms with Crippen molar-refractivity contribution < 1.29 is 17.9 Å². The van der Waals surface area contributed by atoms with Crippen LogP contribution in [0.15, 0.2) is 28.7 Å². The highest BCUT2D eigenvalue weighted by atomic mass is 32.2. The van der Waals surface area contributed by atoms with Crippen molar-refractivity contribution in [3.63, 3.8) is 0 Å². The first-order chi connectivity index (χ1) is 7.49. The Hall–Kier alpha value is -1.21. The van der Waals surface area contributed by atoms with Gasteiger partial charge in [0.05, 0.1) is 19.2 Å². The molecular weight excluding hydrogens is 241 g/mol. The van der Waals surface area contributed by atoms with Crippen LogP contribution in [0.4, 0.5) is 13.2 Å². The van der Waals surface area contributed by atoms with E-state index in [2.05, 4.69) is 4.40 Å². The van der Waals surface area contributed by atoms with Gasteiger partial charge in [0.1, 0.15) is 5.75 Å². The molecule has 0 saturated heterocycles. The van der Waals surface area contributed by atoms with Crippen molar-refractivity contribution in [3.05, 3.63) is 29.8 Å². The fourth-order valence-corrected chi connectivity index (χ4v) is 1.38. The Morgan fingerprint density at radius 3 is 2.25 bits per heavy atom.